The van der Waals surface area contributed by atoms with Gasteiger partial charge in [-0.1, -0.05) is 0 Å². The van der Waals surface area contributed by atoms with Crippen LogP contribution < -0.4 is 5.73 Å². The van der Waals surface area contributed by atoms with Crippen molar-refractivity contribution in [2.24, 2.45) is 5.41 Å². The summed E-state index contributed by atoms with van der Waals surface area (Å²) >= 11 is 0. The SMILES string of the molecule is N#C[C@@]1(c2ccc3c(N)ncnn23)O[C@H](C2(C(=O)O)CC2)[C@@H](O)[C@H]1O. The van der Waals surface area contributed by atoms with Crippen molar-refractivity contribution in [3.8, 4) is 6.07 Å². The summed E-state index contributed by atoms with van der Waals surface area (Å²) in [4.78, 5) is 15.4. The molecule has 4 rings (SSSR count). The maximum absolute atomic E-state index is 11.6. The monoisotopic (exact) mass is 345 g/mol. The van der Waals surface area contributed by atoms with Crippen molar-refractivity contribution in [2.45, 2.75) is 36.8 Å². The van der Waals surface area contributed by atoms with Crippen LogP contribution in [0.2, 0.25) is 0 Å². The smallest absolute Gasteiger partial charge is 0.312 e. The lowest BCUT2D eigenvalue weighted by Crippen LogP contribution is -2.42. The molecule has 10 heteroatoms. The number of carboxylic acid groups (broad SMARTS) is 1. The first-order valence-electron chi connectivity index (χ1n) is 7.65. The molecule has 1 saturated carbocycles. The zero-order chi connectivity index (χ0) is 18.0. The van der Waals surface area contributed by atoms with E-state index in [9.17, 15) is 25.4 Å². The summed E-state index contributed by atoms with van der Waals surface area (Å²) in [5.74, 6) is -0.952. The third kappa shape index (κ3) is 1.85. The van der Waals surface area contributed by atoms with Gasteiger partial charge in [-0.3, -0.25) is 4.79 Å². The maximum atomic E-state index is 11.6. The first-order valence-corrected chi connectivity index (χ1v) is 7.65. The van der Waals surface area contributed by atoms with Crippen LogP contribution in [-0.2, 0) is 15.1 Å². The van der Waals surface area contributed by atoms with E-state index < -0.39 is 35.3 Å². The van der Waals surface area contributed by atoms with Crippen LogP contribution in [0.15, 0.2) is 18.5 Å². The Bertz CT molecular complexity index is 917. The lowest BCUT2D eigenvalue weighted by Gasteiger charge is -2.25. The minimum Gasteiger partial charge on any atom is -0.481 e. The van der Waals surface area contributed by atoms with Gasteiger partial charge in [-0.15, -0.1) is 0 Å². The molecule has 0 amide bonds. The van der Waals surface area contributed by atoms with Gasteiger partial charge in [0.1, 0.15) is 36.2 Å². The molecule has 1 aliphatic carbocycles. The Kier molecular flexibility index (Phi) is 3.08. The Hall–Kier alpha value is -2.74. The molecular weight excluding hydrogens is 330 g/mol. The highest BCUT2D eigenvalue weighted by Gasteiger charge is 2.68. The van der Waals surface area contributed by atoms with Gasteiger partial charge in [-0.25, -0.2) is 9.50 Å². The fourth-order valence-corrected chi connectivity index (χ4v) is 3.54. The average molecular weight is 345 g/mol. The predicted molar refractivity (Wildman–Crippen MR) is 80.9 cm³/mol. The van der Waals surface area contributed by atoms with Crippen molar-refractivity contribution < 1.29 is 24.9 Å². The number of hydrogen-bond acceptors (Lipinski definition) is 8. The molecule has 0 unspecified atom stereocenters. The number of anilines is 1. The number of aromatic nitrogens is 3. The van der Waals surface area contributed by atoms with Gasteiger partial charge in [0.05, 0.1) is 11.1 Å². The van der Waals surface area contributed by atoms with Gasteiger partial charge in [0.25, 0.3) is 0 Å². The lowest BCUT2D eigenvalue weighted by atomic mass is 9.89. The Morgan fingerprint density at radius 3 is 2.76 bits per heavy atom. The van der Waals surface area contributed by atoms with Gasteiger partial charge in [0, 0.05) is 0 Å². The number of fused-ring (bicyclic) bond motifs is 1. The molecule has 1 aliphatic heterocycles. The van der Waals surface area contributed by atoms with Gasteiger partial charge in [-0.2, -0.15) is 10.4 Å². The summed E-state index contributed by atoms with van der Waals surface area (Å²) in [5.41, 5.74) is 3.06. The van der Waals surface area contributed by atoms with Crippen LogP contribution in [0.25, 0.3) is 5.52 Å². The fraction of sp³-hybridized carbons (Fsp3) is 0.467. The number of nitrogens with zero attached hydrogens (tertiary/aromatic N) is 4. The Morgan fingerprint density at radius 2 is 2.16 bits per heavy atom. The van der Waals surface area contributed by atoms with Gasteiger partial charge < -0.3 is 25.8 Å². The van der Waals surface area contributed by atoms with E-state index in [2.05, 4.69) is 10.1 Å². The summed E-state index contributed by atoms with van der Waals surface area (Å²) in [7, 11) is 0. The third-order valence-corrected chi connectivity index (χ3v) is 5.15. The summed E-state index contributed by atoms with van der Waals surface area (Å²) < 4.78 is 7.04. The molecule has 2 fully saturated rings. The minimum absolute atomic E-state index is 0.148. The molecule has 1 saturated heterocycles. The number of rotatable bonds is 3. The molecule has 4 atom stereocenters. The number of carboxylic acids is 1. The number of aliphatic hydroxyl groups excluding tert-OH is 2. The highest BCUT2D eigenvalue weighted by molar-refractivity contribution is 5.79. The van der Waals surface area contributed by atoms with Gasteiger partial charge in [0.2, 0.25) is 5.60 Å². The molecule has 25 heavy (non-hydrogen) atoms. The summed E-state index contributed by atoms with van der Waals surface area (Å²) in [6, 6.07) is 4.94. The van der Waals surface area contributed by atoms with Crippen LogP contribution in [0.1, 0.15) is 18.5 Å². The number of nitriles is 1. The number of nitrogen functional groups attached to an aromatic ring is 1. The normalized spacial score (nSPS) is 33.2. The van der Waals surface area contributed by atoms with Gasteiger partial charge >= 0.3 is 5.97 Å². The molecule has 2 aromatic rings. The van der Waals surface area contributed by atoms with E-state index >= 15 is 0 Å². The highest BCUT2D eigenvalue weighted by atomic mass is 16.6. The van der Waals surface area contributed by atoms with E-state index in [0.29, 0.717) is 18.4 Å². The van der Waals surface area contributed by atoms with Crippen LogP contribution in [0.3, 0.4) is 0 Å². The van der Waals surface area contributed by atoms with Crippen LogP contribution in [0.4, 0.5) is 5.82 Å². The zero-order valence-electron chi connectivity index (χ0n) is 12.9. The quantitative estimate of drug-likeness (QED) is 0.546. The maximum Gasteiger partial charge on any atom is 0.312 e. The number of hydrogen-bond donors (Lipinski definition) is 4. The largest absolute Gasteiger partial charge is 0.481 e. The summed E-state index contributed by atoms with van der Waals surface area (Å²) in [5, 5.41) is 44.2. The van der Waals surface area contributed by atoms with Crippen LogP contribution in [0, 0.1) is 16.7 Å². The van der Waals surface area contributed by atoms with Crippen LogP contribution in [-0.4, -0.2) is 54.2 Å². The first-order chi connectivity index (χ1) is 11.9. The molecule has 0 spiro atoms. The van der Waals surface area contributed by atoms with Crippen molar-refractivity contribution in [3.05, 3.63) is 24.2 Å². The minimum atomic E-state index is -1.97. The Morgan fingerprint density at radius 1 is 1.44 bits per heavy atom. The molecule has 3 heterocycles. The van der Waals surface area contributed by atoms with Crippen molar-refractivity contribution >= 4 is 17.3 Å². The fourth-order valence-electron chi connectivity index (χ4n) is 3.54. The van der Waals surface area contributed by atoms with E-state index in [0.717, 1.165) is 0 Å². The number of aliphatic hydroxyl groups is 2. The van der Waals surface area contributed by atoms with Crippen molar-refractivity contribution in [2.75, 3.05) is 5.73 Å². The predicted octanol–water partition coefficient (Wildman–Crippen LogP) is -0.984. The van der Waals surface area contributed by atoms with Crippen molar-refractivity contribution in [1.29, 1.82) is 5.26 Å². The standard InChI is InChI=1S/C15H15N5O5/c16-5-15(8-2-1-7-12(17)18-6-19-20(7)8)10(22)9(21)11(25-15)14(3-4-14)13(23)24/h1-2,6,9-11,21-22H,3-4H2,(H,23,24)(H2,17,18,19)/t9-,10+,11-,15-/m0/s1. The van der Waals surface area contributed by atoms with Gasteiger partial charge in [0.15, 0.2) is 5.82 Å². The van der Waals surface area contributed by atoms with E-state index in [1.54, 1.807) is 6.07 Å². The van der Waals surface area contributed by atoms with Crippen LogP contribution in [0.5, 0.6) is 0 Å². The van der Waals surface area contributed by atoms with E-state index in [-0.39, 0.29) is 11.5 Å². The third-order valence-electron chi connectivity index (χ3n) is 5.15. The van der Waals surface area contributed by atoms with Gasteiger partial charge in [-0.05, 0) is 25.0 Å². The average Bonchev–Trinajstić information content (AvgIpc) is 3.22. The molecule has 0 radical (unpaired) electrons. The number of nitrogens with two attached hydrogens (primary N) is 1. The van der Waals surface area contributed by atoms with Crippen molar-refractivity contribution in [1.82, 2.24) is 14.6 Å². The highest BCUT2D eigenvalue weighted by Crippen LogP contribution is 2.56. The first kappa shape index (κ1) is 15.8. The molecule has 2 aromatic heterocycles. The Balaban J connectivity index is 1.85. The van der Waals surface area contributed by atoms with Crippen molar-refractivity contribution in [3.63, 3.8) is 0 Å². The molecule has 2 aliphatic rings. The molecule has 0 bridgehead atoms. The molecule has 0 aromatic carbocycles. The van der Waals surface area contributed by atoms with E-state index in [4.69, 9.17) is 10.5 Å². The second-order valence-electron chi connectivity index (χ2n) is 6.44. The number of carbonyl (C=O) groups is 1. The number of aliphatic carboxylic acids is 1. The lowest BCUT2D eigenvalue weighted by molar-refractivity contribution is -0.154. The number of ether oxygens (including phenoxy) is 1. The second kappa shape index (κ2) is 4.89. The summed E-state index contributed by atoms with van der Waals surface area (Å²) in [6.07, 6.45) is -2.57. The molecule has 130 valence electrons. The topological polar surface area (TPSA) is 167 Å². The van der Waals surface area contributed by atoms with E-state index in [1.165, 1.54) is 16.9 Å². The summed E-state index contributed by atoms with van der Waals surface area (Å²) in [6.45, 7) is 0. The second-order valence-corrected chi connectivity index (χ2v) is 6.44. The van der Waals surface area contributed by atoms with Crippen LogP contribution >= 0.6 is 0 Å². The van der Waals surface area contributed by atoms with E-state index in [1.807, 2.05) is 6.07 Å². The zero-order valence-corrected chi connectivity index (χ0v) is 12.9. The Labute approximate surface area is 141 Å². The molecule has 10 nitrogen and oxygen atoms in total. The molecule has 5 N–H and O–H groups in total. The molecular formula is C15H15N5O5.